The lowest BCUT2D eigenvalue weighted by molar-refractivity contribution is 0.392. The standard InChI is InChI=1S/C12H10FNO2/c1-15-12-8-11(5-6-14-12)16-10-4-2-3-9(13)7-10/h2-8H,1H3. The van der Waals surface area contributed by atoms with Gasteiger partial charge in [-0.1, -0.05) is 6.07 Å². The number of benzene rings is 1. The Morgan fingerprint density at radius 3 is 2.69 bits per heavy atom. The van der Waals surface area contributed by atoms with Crippen LogP contribution in [0.3, 0.4) is 0 Å². The molecule has 0 aliphatic carbocycles. The van der Waals surface area contributed by atoms with Crippen molar-refractivity contribution < 1.29 is 13.9 Å². The number of rotatable bonds is 3. The van der Waals surface area contributed by atoms with E-state index < -0.39 is 0 Å². The number of aromatic nitrogens is 1. The first kappa shape index (κ1) is 10.4. The Labute approximate surface area is 92.5 Å². The van der Waals surface area contributed by atoms with Crippen LogP contribution >= 0.6 is 0 Å². The largest absolute Gasteiger partial charge is 0.481 e. The number of ether oxygens (including phenoxy) is 2. The molecule has 0 saturated heterocycles. The normalized spacial score (nSPS) is 9.88. The van der Waals surface area contributed by atoms with Gasteiger partial charge in [-0.25, -0.2) is 9.37 Å². The third-order valence-corrected chi connectivity index (χ3v) is 1.95. The molecule has 1 heterocycles. The minimum absolute atomic E-state index is 0.335. The van der Waals surface area contributed by atoms with Crippen LogP contribution in [0, 0.1) is 5.82 Å². The van der Waals surface area contributed by atoms with Crippen LogP contribution in [-0.2, 0) is 0 Å². The van der Waals surface area contributed by atoms with Crippen LogP contribution < -0.4 is 9.47 Å². The highest BCUT2D eigenvalue weighted by Gasteiger charge is 2.00. The maximum atomic E-state index is 12.9. The number of hydrogen-bond donors (Lipinski definition) is 0. The van der Waals surface area contributed by atoms with E-state index >= 15 is 0 Å². The highest BCUT2D eigenvalue weighted by Crippen LogP contribution is 2.23. The van der Waals surface area contributed by atoms with Crippen LogP contribution in [0.15, 0.2) is 42.6 Å². The molecule has 0 saturated carbocycles. The summed E-state index contributed by atoms with van der Waals surface area (Å²) in [4.78, 5) is 3.94. The highest BCUT2D eigenvalue weighted by molar-refractivity contribution is 5.32. The number of pyridine rings is 1. The molecule has 2 aromatic rings. The molecule has 0 aliphatic rings. The molecule has 0 N–H and O–H groups in total. The van der Waals surface area contributed by atoms with Crippen LogP contribution in [0.1, 0.15) is 0 Å². The van der Waals surface area contributed by atoms with Gasteiger partial charge in [0.1, 0.15) is 17.3 Å². The summed E-state index contributed by atoms with van der Waals surface area (Å²) in [6.45, 7) is 0. The summed E-state index contributed by atoms with van der Waals surface area (Å²) in [5, 5.41) is 0. The second-order valence-corrected chi connectivity index (χ2v) is 3.09. The van der Waals surface area contributed by atoms with Crippen molar-refractivity contribution in [3.8, 4) is 17.4 Å². The molecule has 4 heteroatoms. The Hall–Kier alpha value is -2.10. The van der Waals surface area contributed by atoms with Crippen molar-refractivity contribution in [2.75, 3.05) is 7.11 Å². The summed E-state index contributed by atoms with van der Waals surface area (Å²) in [6.07, 6.45) is 1.56. The predicted octanol–water partition coefficient (Wildman–Crippen LogP) is 3.02. The zero-order valence-electron chi connectivity index (χ0n) is 8.68. The van der Waals surface area contributed by atoms with Crippen molar-refractivity contribution in [2.45, 2.75) is 0 Å². The first-order valence-corrected chi connectivity index (χ1v) is 4.71. The fraction of sp³-hybridized carbons (Fsp3) is 0.0833. The van der Waals surface area contributed by atoms with E-state index in [1.165, 1.54) is 19.2 Å². The van der Waals surface area contributed by atoms with Gasteiger partial charge in [-0.05, 0) is 18.2 Å². The van der Waals surface area contributed by atoms with Crippen LogP contribution in [0.4, 0.5) is 4.39 Å². The van der Waals surface area contributed by atoms with E-state index in [1.807, 2.05) is 0 Å². The molecule has 1 aromatic carbocycles. The van der Waals surface area contributed by atoms with Gasteiger partial charge in [-0.15, -0.1) is 0 Å². The molecule has 0 amide bonds. The summed E-state index contributed by atoms with van der Waals surface area (Å²) < 4.78 is 23.3. The Balaban J connectivity index is 2.20. The van der Waals surface area contributed by atoms with Crippen molar-refractivity contribution in [2.24, 2.45) is 0 Å². The molecule has 0 unspecified atom stereocenters. The second kappa shape index (κ2) is 4.61. The number of halogens is 1. The van der Waals surface area contributed by atoms with E-state index in [9.17, 15) is 4.39 Å². The van der Waals surface area contributed by atoms with Crippen LogP contribution in [0.5, 0.6) is 17.4 Å². The minimum atomic E-state index is -0.335. The summed E-state index contributed by atoms with van der Waals surface area (Å²) in [5.41, 5.74) is 0. The van der Waals surface area contributed by atoms with E-state index in [-0.39, 0.29) is 5.82 Å². The Morgan fingerprint density at radius 1 is 1.12 bits per heavy atom. The Kier molecular flexibility index (Phi) is 3.00. The van der Waals surface area contributed by atoms with E-state index in [0.29, 0.717) is 17.4 Å². The average Bonchev–Trinajstić information content (AvgIpc) is 2.29. The molecular weight excluding hydrogens is 209 g/mol. The van der Waals surface area contributed by atoms with Crippen molar-refractivity contribution in [1.82, 2.24) is 4.98 Å². The zero-order valence-corrected chi connectivity index (χ0v) is 8.68. The van der Waals surface area contributed by atoms with Crippen LogP contribution in [-0.4, -0.2) is 12.1 Å². The molecule has 3 nitrogen and oxygen atoms in total. The molecule has 0 spiro atoms. The molecule has 0 fully saturated rings. The SMILES string of the molecule is COc1cc(Oc2cccc(F)c2)ccn1. The first-order valence-electron chi connectivity index (χ1n) is 4.71. The number of methoxy groups -OCH3 is 1. The minimum Gasteiger partial charge on any atom is -0.481 e. The van der Waals surface area contributed by atoms with Crippen molar-refractivity contribution in [3.63, 3.8) is 0 Å². The van der Waals surface area contributed by atoms with Gasteiger partial charge < -0.3 is 9.47 Å². The summed E-state index contributed by atoms with van der Waals surface area (Å²) >= 11 is 0. The maximum absolute atomic E-state index is 12.9. The van der Waals surface area contributed by atoms with Gasteiger partial charge in [-0.3, -0.25) is 0 Å². The van der Waals surface area contributed by atoms with Gasteiger partial charge in [0.05, 0.1) is 7.11 Å². The lowest BCUT2D eigenvalue weighted by Gasteiger charge is -2.06. The molecular formula is C12H10FNO2. The average molecular weight is 219 g/mol. The monoisotopic (exact) mass is 219 g/mol. The van der Waals surface area contributed by atoms with Crippen molar-refractivity contribution >= 4 is 0 Å². The maximum Gasteiger partial charge on any atom is 0.216 e. The van der Waals surface area contributed by atoms with E-state index in [1.54, 1.807) is 30.5 Å². The highest BCUT2D eigenvalue weighted by atomic mass is 19.1. The quantitative estimate of drug-likeness (QED) is 0.795. The molecule has 82 valence electrons. The molecule has 0 aliphatic heterocycles. The number of nitrogens with zero attached hydrogens (tertiary/aromatic N) is 1. The molecule has 16 heavy (non-hydrogen) atoms. The third kappa shape index (κ3) is 2.48. The van der Waals surface area contributed by atoms with Gasteiger partial charge in [0.25, 0.3) is 0 Å². The van der Waals surface area contributed by atoms with Crippen LogP contribution in [0.2, 0.25) is 0 Å². The van der Waals surface area contributed by atoms with E-state index in [4.69, 9.17) is 9.47 Å². The lowest BCUT2D eigenvalue weighted by Crippen LogP contribution is -1.89. The third-order valence-electron chi connectivity index (χ3n) is 1.95. The van der Waals surface area contributed by atoms with E-state index in [0.717, 1.165) is 0 Å². The summed E-state index contributed by atoms with van der Waals surface area (Å²) in [6, 6.07) is 9.24. The topological polar surface area (TPSA) is 31.4 Å². The fourth-order valence-electron chi connectivity index (χ4n) is 1.23. The molecule has 2 rings (SSSR count). The van der Waals surface area contributed by atoms with Crippen molar-refractivity contribution in [3.05, 3.63) is 48.4 Å². The number of hydrogen-bond acceptors (Lipinski definition) is 3. The first-order chi connectivity index (χ1) is 7.78. The molecule has 0 atom stereocenters. The van der Waals surface area contributed by atoms with Gasteiger partial charge in [0.2, 0.25) is 5.88 Å². The lowest BCUT2D eigenvalue weighted by atomic mass is 10.3. The molecule has 0 radical (unpaired) electrons. The van der Waals surface area contributed by atoms with Gasteiger partial charge in [0, 0.05) is 18.3 Å². The second-order valence-electron chi connectivity index (χ2n) is 3.09. The molecule has 1 aromatic heterocycles. The van der Waals surface area contributed by atoms with Gasteiger partial charge in [0.15, 0.2) is 0 Å². The summed E-state index contributed by atoms with van der Waals surface area (Å²) in [5.74, 6) is 1.11. The predicted molar refractivity (Wildman–Crippen MR) is 57.3 cm³/mol. The van der Waals surface area contributed by atoms with Crippen LogP contribution in [0.25, 0.3) is 0 Å². The zero-order chi connectivity index (χ0) is 11.4. The Morgan fingerprint density at radius 2 is 1.94 bits per heavy atom. The van der Waals surface area contributed by atoms with Gasteiger partial charge >= 0.3 is 0 Å². The van der Waals surface area contributed by atoms with E-state index in [2.05, 4.69) is 4.98 Å². The fourth-order valence-corrected chi connectivity index (χ4v) is 1.23. The Bertz CT molecular complexity index is 488. The van der Waals surface area contributed by atoms with Gasteiger partial charge in [-0.2, -0.15) is 0 Å². The molecule has 0 bridgehead atoms. The smallest absolute Gasteiger partial charge is 0.216 e. The van der Waals surface area contributed by atoms with Crippen molar-refractivity contribution in [1.29, 1.82) is 0 Å². The summed E-state index contributed by atoms with van der Waals surface area (Å²) in [7, 11) is 1.52.